The molecule has 0 aromatic rings. The van der Waals surface area contributed by atoms with Crippen molar-refractivity contribution in [2.45, 2.75) is 46.1 Å². The smallest absolute Gasteiger partial charge is 0.0672 e. The van der Waals surface area contributed by atoms with Crippen LogP contribution in [-0.2, 0) is 4.74 Å². The third-order valence-electron chi connectivity index (χ3n) is 2.16. The van der Waals surface area contributed by atoms with Gasteiger partial charge in [-0.1, -0.05) is 32.4 Å². The monoisotopic (exact) mass is 199 g/mol. The standard InChI is InChI=1S/C12H25NO/c1-5-7-12(6-2)13-8-9-14-10-11(3)4/h12-13H,3,5-10H2,1-2,4H3. The number of rotatable bonds is 9. The van der Waals surface area contributed by atoms with Crippen LogP contribution in [0.3, 0.4) is 0 Å². The van der Waals surface area contributed by atoms with Crippen molar-refractivity contribution < 1.29 is 4.74 Å². The van der Waals surface area contributed by atoms with Gasteiger partial charge in [0.1, 0.15) is 0 Å². The van der Waals surface area contributed by atoms with Gasteiger partial charge in [-0.2, -0.15) is 0 Å². The molecule has 0 spiro atoms. The van der Waals surface area contributed by atoms with Crippen LogP contribution in [0.5, 0.6) is 0 Å². The highest BCUT2D eigenvalue weighted by Crippen LogP contribution is 1.99. The molecule has 0 aliphatic rings. The summed E-state index contributed by atoms with van der Waals surface area (Å²) >= 11 is 0. The highest BCUT2D eigenvalue weighted by molar-refractivity contribution is 4.87. The molecular formula is C12H25NO. The minimum atomic E-state index is 0.661. The molecule has 0 fully saturated rings. The molecule has 84 valence electrons. The average Bonchev–Trinajstić information content (AvgIpc) is 2.15. The van der Waals surface area contributed by atoms with Crippen molar-refractivity contribution in [3.8, 4) is 0 Å². The van der Waals surface area contributed by atoms with Gasteiger partial charge in [-0.05, 0) is 19.8 Å². The van der Waals surface area contributed by atoms with Gasteiger partial charge in [0.15, 0.2) is 0 Å². The molecule has 0 aliphatic heterocycles. The second-order valence-corrected chi connectivity index (χ2v) is 3.86. The Kier molecular flexibility index (Phi) is 9.00. The molecule has 0 amide bonds. The topological polar surface area (TPSA) is 21.3 Å². The van der Waals surface area contributed by atoms with Crippen molar-refractivity contribution in [2.75, 3.05) is 19.8 Å². The molecule has 0 heterocycles. The van der Waals surface area contributed by atoms with Crippen LogP contribution in [0, 0.1) is 0 Å². The summed E-state index contributed by atoms with van der Waals surface area (Å²) in [5, 5.41) is 3.49. The van der Waals surface area contributed by atoms with Gasteiger partial charge < -0.3 is 10.1 Å². The van der Waals surface area contributed by atoms with Gasteiger partial charge in [0.2, 0.25) is 0 Å². The van der Waals surface area contributed by atoms with E-state index in [1.807, 2.05) is 6.92 Å². The van der Waals surface area contributed by atoms with E-state index >= 15 is 0 Å². The van der Waals surface area contributed by atoms with Crippen molar-refractivity contribution in [3.05, 3.63) is 12.2 Å². The summed E-state index contributed by atoms with van der Waals surface area (Å²) in [7, 11) is 0. The first-order chi connectivity index (χ1) is 6.70. The lowest BCUT2D eigenvalue weighted by molar-refractivity contribution is 0.154. The fourth-order valence-corrected chi connectivity index (χ4v) is 1.38. The summed E-state index contributed by atoms with van der Waals surface area (Å²) in [4.78, 5) is 0. The van der Waals surface area contributed by atoms with Crippen molar-refractivity contribution in [3.63, 3.8) is 0 Å². The minimum Gasteiger partial charge on any atom is -0.376 e. The molecule has 0 aromatic heterocycles. The molecule has 14 heavy (non-hydrogen) atoms. The third kappa shape index (κ3) is 8.27. The minimum absolute atomic E-state index is 0.661. The zero-order valence-electron chi connectivity index (χ0n) is 9.94. The van der Waals surface area contributed by atoms with E-state index in [1.165, 1.54) is 19.3 Å². The average molecular weight is 199 g/mol. The molecule has 1 atom stereocenters. The molecule has 1 N–H and O–H groups in total. The highest BCUT2D eigenvalue weighted by Gasteiger charge is 2.02. The lowest BCUT2D eigenvalue weighted by atomic mass is 10.1. The zero-order chi connectivity index (χ0) is 10.8. The first kappa shape index (κ1) is 13.7. The summed E-state index contributed by atoms with van der Waals surface area (Å²) in [5.41, 5.74) is 1.09. The Morgan fingerprint density at radius 1 is 1.43 bits per heavy atom. The number of hydrogen-bond donors (Lipinski definition) is 1. The quantitative estimate of drug-likeness (QED) is 0.455. The normalized spacial score (nSPS) is 12.8. The second kappa shape index (κ2) is 9.22. The van der Waals surface area contributed by atoms with Gasteiger partial charge in [-0.25, -0.2) is 0 Å². The Hall–Kier alpha value is -0.340. The summed E-state index contributed by atoms with van der Waals surface area (Å²) in [6.07, 6.45) is 3.71. The van der Waals surface area contributed by atoms with E-state index in [1.54, 1.807) is 0 Å². The van der Waals surface area contributed by atoms with Crippen LogP contribution in [0.15, 0.2) is 12.2 Å². The van der Waals surface area contributed by atoms with E-state index in [2.05, 4.69) is 25.7 Å². The maximum Gasteiger partial charge on any atom is 0.0672 e. The summed E-state index contributed by atoms with van der Waals surface area (Å²) in [5.74, 6) is 0. The molecule has 0 aromatic carbocycles. The second-order valence-electron chi connectivity index (χ2n) is 3.86. The van der Waals surface area contributed by atoms with Gasteiger partial charge in [0.25, 0.3) is 0 Å². The van der Waals surface area contributed by atoms with Crippen LogP contribution in [0.25, 0.3) is 0 Å². The van der Waals surface area contributed by atoms with E-state index in [9.17, 15) is 0 Å². The SMILES string of the molecule is C=C(C)COCCNC(CC)CCC. The van der Waals surface area contributed by atoms with E-state index in [-0.39, 0.29) is 0 Å². The fourth-order valence-electron chi connectivity index (χ4n) is 1.38. The predicted molar refractivity (Wildman–Crippen MR) is 62.6 cm³/mol. The summed E-state index contributed by atoms with van der Waals surface area (Å²) < 4.78 is 5.41. The Bertz CT molecular complexity index is 145. The van der Waals surface area contributed by atoms with E-state index in [0.29, 0.717) is 12.6 Å². The van der Waals surface area contributed by atoms with Crippen molar-refractivity contribution in [1.29, 1.82) is 0 Å². The molecule has 1 unspecified atom stereocenters. The maximum absolute atomic E-state index is 5.41. The molecule has 2 nitrogen and oxygen atoms in total. The van der Waals surface area contributed by atoms with Gasteiger partial charge in [0, 0.05) is 12.6 Å². The Morgan fingerprint density at radius 3 is 2.64 bits per heavy atom. The highest BCUT2D eigenvalue weighted by atomic mass is 16.5. The molecule has 0 radical (unpaired) electrons. The van der Waals surface area contributed by atoms with Crippen LogP contribution in [0.1, 0.15) is 40.0 Å². The lowest BCUT2D eigenvalue weighted by Gasteiger charge is -2.15. The van der Waals surface area contributed by atoms with Crippen LogP contribution in [0.2, 0.25) is 0 Å². The van der Waals surface area contributed by atoms with Crippen LogP contribution >= 0.6 is 0 Å². The van der Waals surface area contributed by atoms with Crippen LogP contribution < -0.4 is 5.32 Å². The Morgan fingerprint density at radius 2 is 2.14 bits per heavy atom. The summed E-state index contributed by atoms with van der Waals surface area (Å²) in [6, 6.07) is 0.661. The zero-order valence-corrected chi connectivity index (χ0v) is 9.94. The molecule has 0 saturated heterocycles. The Labute approximate surface area is 88.7 Å². The maximum atomic E-state index is 5.41. The van der Waals surface area contributed by atoms with Gasteiger partial charge in [-0.3, -0.25) is 0 Å². The largest absolute Gasteiger partial charge is 0.376 e. The molecule has 2 heteroatoms. The molecule has 0 aliphatic carbocycles. The third-order valence-corrected chi connectivity index (χ3v) is 2.16. The molecule has 0 saturated carbocycles. The lowest BCUT2D eigenvalue weighted by Crippen LogP contribution is -2.31. The first-order valence-electron chi connectivity index (χ1n) is 5.66. The van der Waals surface area contributed by atoms with Crippen molar-refractivity contribution >= 4 is 0 Å². The molecular weight excluding hydrogens is 174 g/mol. The Balaban J connectivity index is 3.28. The predicted octanol–water partition coefficient (Wildman–Crippen LogP) is 2.75. The van der Waals surface area contributed by atoms with Gasteiger partial charge in [-0.15, -0.1) is 0 Å². The van der Waals surface area contributed by atoms with Gasteiger partial charge >= 0.3 is 0 Å². The van der Waals surface area contributed by atoms with Crippen LogP contribution in [0.4, 0.5) is 0 Å². The number of hydrogen-bond acceptors (Lipinski definition) is 2. The molecule has 0 bridgehead atoms. The van der Waals surface area contributed by atoms with Gasteiger partial charge in [0.05, 0.1) is 13.2 Å². The fraction of sp³-hybridized carbons (Fsp3) is 0.833. The van der Waals surface area contributed by atoms with Crippen molar-refractivity contribution in [2.24, 2.45) is 0 Å². The van der Waals surface area contributed by atoms with Crippen LogP contribution in [-0.4, -0.2) is 25.8 Å². The number of ether oxygens (including phenoxy) is 1. The van der Waals surface area contributed by atoms with E-state index in [4.69, 9.17) is 4.74 Å². The summed E-state index contributed by atoms with van der Waals surface area (Å²) in [6.45, 7) is 12.6. The first-order valence-corrected chi connectivity index (χ1v) is 5.66. The molecule has 0 rings (SSSR count). The van der Waals surface area contributed by atoms with Crippen molar-refractivity contribution in [1.82, 2.24) is 5.32 Å². The number of nitrogens with one attached hydrogen (secondary N) is 1. The van der Waals surface area contributed by atoms with E-state index < -0.39 is 0 Å². The van der Waals surface area contributed by atoms with E-state index in [0.717, 1.165) is 18.7 Å².